The van der Waals surface area contributed by atoms with Crippen molar-refractivity contribution in [3.63, 3.8) is 0 Å². The minimum Gasteiger partial charge on any atom is -0.467 e. The fraction of sp³-hybridized carbons (Fsp3) is 0.375. The fourth-order valence-corrected chi connectivity index (χ4v) is 2.29. The lowest BCUT2D eigenvalue weighted by Crippen LogP contribution is -2.20. The maximum atomic E-state index is 5.55. The molecule has 0 saturated carbocycles. The summed E-state index contributed by atoms with van der Waals surface area (Å²) in [5.74, 6) is 0.880. The van der Waals surface area contributed by atoms with Crippen molar-refractivity contribution in [2.75, 3.05) is 13.2 Å². The summed E-state index contributed by atoms with van der Waals surface area (Å²) < 4.78 is 12.0. The predicted octanol–water partition coefficient (Wildman–Crippen LogP) is 4.14. The molecule has 1 N–H and O–H groups in total. The summed E-state index contributed by atoms with van der Waals surface area (Å²) in [6, 6.07) is 12.8. The molecule has 0 aliphatic carbocycles. The normalized spacial score (nSPS) is 12.5. The fourth-order valence-electron chi connectivity index (χ4n) is 1.93. The van der Waals surface area contributed by atoms with E-state index < -0.39 is 0 Å². The van der Waals surface area contributed by atoms with E-state index in [1.54, 1.807) is 6.26 Å². The summed E-state index contributed by atoms with van der Waals surface area (Å²) >= 11 is 2.32. The number of hydrogen-bond acceptors (Lipinski definition) is 3. The molecule has 0 aliphatic rings. The number of rotatable bonds is 8. The average Bonchev–Trinajstić information content (AvgIpc) is 2.96. The first-order valence-corrected chi connectivity index (χ1v) is 7.92. The van der Waals surface area contributed by atoms with E-state index in [-0.39, 0.29) is 0 Å². The first-order valence-electron chi connectivity index (χ1n) is 6.84. The first kappa shape index (κ1) is 15.5. The minimum atomic E-state index is 0.372. The summed E-state index contributed by atoms with van der Waals surface area (Å²) in [5, 5.41) is 3.51. The Morgan fingerprint density at radius 3 is 2.75 bits per heavy atom. The Hall–Kier alpha value is -0.850. The first-order chi connectivity index (χ1) is 9.75. The van der Waals surface area contributed by atoms with Gasteiger partial charge in [-0.25, -0.2) is 0 Å². The third kappa shape index (κ3) is 5.26. The third-order valence-corrected chi connectivity index (χ3v) is 3.83. The molecule has 1 heterocycles. The van der Waals surface area contributed by atoms with E-state index in [2.05, 4.69) is 59.1 Å². The Morgan fingerprint density at radius 1 is 1.25 bits per heavy atom. The monoisotopic (exact) mass is 385 g/mol. The topological polar surface area (TPSA) is 34.4 Å². The zero-order valence-corrected chi connectivity index (χ0v) is 13.8. The van der Waals surface area contributed by atoms with Gasteiger partial charge in [0.25, 0.3) is 0 Å². The molecule has 3 nitrogen and oxygen atoms in total. The van der Waals surface area contributed by atoms with E-state index in [1.165, 1.54) is 9.13 Å². The average molecular weight is 385 g/mol. The van der Waals surface area contributed by atoms with Gasteiger partial charge in [-0.15, -0.1) is 0 Å². The summed E-state index contributed by atoms with van der Waals surface area (Å²) in [4.78, 5) is 0. The van der Waals surface area contributed by atoms with Gasteiger partial charge in [0.2, 0.25) is 0 Å². The minimum absolute atomic E-state index is 0.372. The molecule has 4 heteroatoms. The summed E-state index contributed by atoms with van der Waals surface area (Å²) in [5.41, 5.74) is 1.32. The molecule has 0 aliphatic heterocycles. The molecular formula is C16H20INO2. The maximum Gasteiger partial charge on any atom is 0.129 e. The molecule has 0 bridgehead atoms. The molecule has 1 aromatic heterocycles. The third-order valence-electron chi connectivity index (χ3n) is 3.11. The lowest BCUT2D eigenvalue weighted by Gasteiger charge is -2.14. The molecule has 0 radical (unpaired) electrons. The lowest BCUT2D eigenvalue weighted by molar-refractivity contribution is 0.104. The van der Waals surface area contributed by atoms with Crippen LogP contribution < -0.4 is 5.32 Å². The SMILES string of the molecule is CC(NCCCOCc1ccco1)c1ccc(I)cc1. The zero-order chi connectivity index (χ0) is 14.2. The largest absolute Gasteiger partial charge is 0.467 e. The predicted molar refractivity (Wildman–Crippen MR) is 88.6 cm³/mol. The summed E-state index contributed by atoms with van der Waals surface area (Å²) in [6.07, 6.45) is 2.67. The highest BCUT2D eigenvalue weighted by atomic mass is 127. The van der Waals surface area contributed by atoms with Crippen molar-refractivity contribution < 1.29 is 9.15 Å². The summed E-state index contributed by atoms with van der Waals surface area (Å²) in [7, 11) is 0. The molecule has 20 heavy (non-hydrogen) atoms. The van der Waals surface area contributed by atoms with Crippen molar-refractivity contribution in [1.29, 1.82) is 0 Å². The number of furan rings is 1. The molecule has 1 aromatic carbocycles. The van der Waals surface area contributed by atoms with Crippen LogP contribution in [0.15, 0.2) is 47.1 Å². The van der Waals surface area contributed by atoms with Crippen LogP contribution in [0.3, 0.4) is 0 Å². The Labute approximate surface area is 133 Å². The van der Waals surface area contributed by atoms with Crippen molar-refractivity contribution in [3.8, 4) is 0 Å². The maximum absolute atomic E-state index is 5.55. The van der Waals surface area contributed by atoms with Crippen LogP contribution in [0, 0.1) is 3.57 Å². The van der Waals surface area contributed by atoms with Gasteiger partial charge in [0.05, 0.1) is 6.26 Å². The molecule has 1 atom stereocenters. The molecule has 108 valence electrons. The number of hydrogen-bond donors (Lipinski definition) is 1. The van der Waals surface area contributed by atoms with Crippen LogP contribution in [0.25, 0.3) is 0 Å². The van der Waals surface area contributed by atoms with Crippen molar-refractivity contribution in [1.82, 2.24) is 5.32 Å². The second kappa shape index (κ2) is 8.44. The molecule has 0 saturated heterocycles. The lowest BCUT2D eigenvalue weighted by atomic mass is 10.1. The smallest absolute Gasteiger partial charge is 0.129 e. The van der Waals surface area contributed by atoms with Crippen LogP contribution in [0.1, 0.15) is 30.7 Å². The Balaban J connectivity index is 1.57. The molecule has 1 unspecified atom stereocenters. The van der Waals surface area contributed by atoms with E-state index in [9.17, 15) is 0 Å². The standard InChI is InChI=1S/C16H20INO2/c1-13(14-5-7-15(17)8-6-14)18-9-3-10-19-12-16-4-2-11-20-16/h2,4-8,11,13,18H,3,9-10,12H2,1H3. The van der Waals surface area contributed by atoms with Crippen LogP contribution in [0.4, 0.5) is 0 Å². The highest BCUT2D eigenvalue weighted by Crippen LogP contribution is 2.14. The number of benzene rings is 1. The molecule has 0 spiro atoms. The van der Waals surface area contributed by atoms with Gasteiger partial charge in [-0.3, -0.25) is 0 Å². The van der Waals surface area contributed by atoms with Crippen LogP contribution in [-0.2, 0) is 11.3 Å². The number of halogens is 1. The molecular weight excluding hydrogens is 365 g/mol. The molecule has 0 amide bonds. The van der Waals surface area contributed by atoms with E-state index in [4.69, 9.17) is 9.15 Å². The number of nitrogens with one attached hydrogen (secondary N) is 1. The van der Waals surface area contributed by atoms with Gasteiger partial charge in [-0.05, 0) is 72.3 Å². The van der Waals surface area contributed by atoms with Gasteiger partial charge in [-0.2, -0.15) is 0 Å². The number of ether oxygens (including phenoxy) is 1. The van der Waals surface area contributed by atoms with E-state index >= 15 is 0 Å². The Morgan fingerprint density at radius 2 is 2.05 bits per heavy atom. The Bertz CT molecular complexity index is 482. The van der Waals surface area contributed by atoms with Gasteiger partial charge < -0.3 is 14.5 Å². The van der Waals surface area contributed by atoms with E-state index in [0.29, 0.717) is 12.6 Å². The zero-order valence-electron chi connectivity index (χ0n) is 11.6. The van der Waals surface area contributed by atoms with Gasteiger partial charge >= 0.3 is 0 Å². The van der Waals surface area contributed by atoms with Crippen molar-refractivity contribution in [3.05, 3.63) is 57.6 Å². The van der Waals surface area contributed by atoms with Gasteiger partial charge in [0, 0.05) is 16.2 Å². The van der Waals surface area contributed by atoms with Crippen LogP contribution in [0.5, 0.6) is 0 Å². The van der Waals surface area contributed by atoms with Crippen LogP contribution >= 0.6 is 22.6 Å². The highest BCUT2D eigenvalue weighted by molar-refractivity contribution is 14.1. The van der Waals surface area contributed by atoms with Gasteiger partial charge in [0.1, 0.15) is 12.4 Å². The van der Waals surface area contributed by atoms with Crippen molar-refractivity contribution in [2.45, 2.75) is 26.0 Å². The van der Waals surface area contributed by atoms with E-state index in [0.717, 1.165) is 25.3 Å². The second-order valence-corrected chi connectivity index (χ2v) is 5.96. The van der Waals surface area contributed by atoms with Gasteiger partial charge in [0.15, 0.2) is 0 Å². The molecule has 2 aromatic rings. The van der Waals surface area contributed by atoms with Crippen LogP contribution in [0.2, 0.25) is 0 Å². The van der Waals surface area contributed by atoms with Crippen molar-refractivity contribution in [2.24, 2.45) is 0 Å². The second-order valence-electron chi connectivity index (χ2n) is 4.71. The summed E-state index contributed by atoms with van der Waals surface area (Å²) in [6.45, 7) is 4.43. The van der Waals surface area contributed by atoms with Gasteiger partial charge in [-0.1, -0.05) is 12.1 Å². The quantitative estimate of drug-likeness (QED) is 0.548. The molecule has 0 fully saturated rings. The molecule has 2 rings (SSSR count). The Kier molecular flexibility index (Phi) is 6.56. The highest BCUT2D eigenvalue weighted by Gasteiger charge is 2.03. The van der Waals surface area contributed by atoms with E-state index in [1.807, 2.05) is 12.1 Å². The van der Waals surface area contributed by atoms with Crippen molar-refractivity contribution >= 4 is 22.6 Å². The van der Waals surface area contributed by atoms with Crippen LogP contribution in [-0.4, -0.2) is 13.2 Å².